The summed E-state index contributed by atoms with van der Waals surface area (Å²) in [6, 6.07) is 3.78. The van der Waals surface area contributed by atoms with Gasteiger partial charge >= 0.3 is 12.1 Å². The second-order valence-corrected chi connectivity index (χ2v) is 9.07. The number of esters is 1. The summed E-state index contributed by atoms with van der Waals surface area (Å²) in [5, 5.41) is 0.213. The van der Waals surface area contributed by atoms with Crippen molar-refractivity contribution in [3.05, 3.63) is 57.0 Å². The van der Waals surface area contributed by atoms with Crippen LogP contribution in [0.15, 0.2) is 35.0 Å². The fraction of sp³-hybridized carbons (Fsp3) is 0.292. The molecule has 3 aromatic heterocycles. The molecule has 0 spiro atoms. The van der Waals surface area contributed by atoms with E-state index in [0.717, 1.165) is 16.7 Å². The average Bonchev–Trinajstić information content (AvgIpc) is 3.45. The number of halogens is 6. The zero-order valence-corrected chi connectivity index (χ0v) is 21.9. The van der Waals surface area contributed by atoms with E-state index >= 15 is 0 Å². The molecule has 0 saturated heterocycles. The Kier molecular flexibility index (Phi) is 7.64. The van der Waals surface area contributed by atoms with Gasteiger partial charge in [0.1, 0.15) is 22.9 Å². The summed E-state index contributed by atoms with van der Waals surface area (Å²) in [5.41, 5.74) is 0.162. The van der Waals surface area contributed by atoms with E-state index in [9.17, 15) is 18.0 Å². The third-order valence-corrected chi connectivity index (χ3v) is 6.16. The van der Waals surface area contributed by atoms with Crippen molar-refractivity contribution in [2.45, 2.75) is 39.5 Å². The number of rotatable bonds is 7. The molecule has 4 aromatic rings. The van der Waals surface area contributed by atoms with Crippen LogP contribution < -0.4 is 4.74 Å². The molecule has 13 heteroatoms. The van der Waals surface area contributed by atoms with Crippen molar-refractivity contribution in [2.75, 3.05) is 6.61 Å². The number of aryl methyl sites for hydroxylation is 1. The summed E-state index contributed by atoms with van der Waals surface area (Å²) in [6.07, 6.45) is -2.85. The van der Waals surface area contributed by atoms with Gasteiger partial charge in [-0.3, -0.25) is 0 Å². The predicted octanol–water partition coefficient (Wildman–Crippen LogP) is 7.53. The van der Waals surface area contributed by atoms with Crippen LogP contribution >= 0.6 is 34.8 Å². The molecule has 1 atom stereocenters. The SMILES string of the molecule is CCOC(=O)C(C)Oc1cc(Cl)c(-c2nc(-c3cn4cc(C(F)(F)F)cc(Cl)c4n3)oc2CC)cc1Cl. The van der Waals surface area contributed by atoms with Crippen molar-refractivity contribution in [1.29, 1.82) is 0 Å². The summed E-state index contributed by atoms with van der Waals surface area (Å²) < 4.78 is 57.1. The highest BCUT2D eigenvalue weighted by molar-refractivity contribution is 6.36. The van der Waals surface area contributed by atoms with Crippen LogP contribution in [0.1, 0.15) is 32.1 Å². The van der Waals surface area contributed by atoms with Gasteiger partial charge in [0.05, 0.1) is 27.2 Å². The van der Waals surface area contributed by atoms with Crippen molar-refractivity contribution >= 4 is 46.4 Å². The monoisotopic (exact) mass is 575 g/mol. The van der Waals surface area contributed by atoms with Gasteiger partial charge in [-0.1, -0.05) is 41.7 Å². The van der Waals surface area contributed by atoms with Gasteiger partial charge in [0.2, 0.25) is 5.89 Å². The standard InChI is InChI=1S/C24H19Cl3F3N3O4/c1-4-18-20(13-7-15(26)19(8-14(13)25)36-11(3)23(34)35-5-2)32-22(37-18)17-10-33-9-12(24(28,29)30)6-16(27)21(33)31-17/h6-11H,4-5H2,1-3H3. The minimum atomic E-state index is -4.58. The molecule has 0 N–H and O–H groups in total. The summed E-state index contributed by atoms with van der Waals surface area (Å²) in [6.45, 7) is 5.24. The molecule has 196 valence electrons. The van der Waals surface area contributed by atoms with Crippen molar-refractivity contribution in [3.8, 4) is 28.6 Å². The number of pyridine rings is 1. The summed E-state index contributed by atoms with van der Waals surface area (Å²) in [4.78, 5) is 20.7. The first kappa shape index (κ1) is 27.1. The van der Waals surface area contributed by atoms with Crippen LogP contribution in [-0.2, 0) is 22.1 Å². The number of benzene rings is 1. The number of hydrogen-bond donors (Lipinski definition) is 0. The number of ether oxygens (including phenoxy) is 2. The third-order valence-electron chi connectivity index (χ3n) is 5.27. The van der Waals surface area contributed by atoms with E-state index in [-0.39, 0.29) is 44.7 Å². The van der Waals surface area contributed by atoms with E-state index in [2.05, 4.69) is 9.97 Å². The Balaban J connectivity index is 1.72. The highest BCUT2D eigenvalue weighted by Crippen LogP contribution is 2.40. The quantitative estimate of drug-likeness (QED) is 0.212. The lowest BCUT2D eigenvalue weighted by Gasteiger charge is -2.15. The van der Waals surface area contributed by atoms with Gasteiger partial charge in [0.25, 0.3) is 0 Å². The molecule has 1 unspecified atom stereocenters. The summed E-state index contributed by atoms with van der Waals surface area (Å²) >= 11 is 19.0. The third kappa shape index (κ3) is 5.51. The zero-order valence-electron chi connectivity index (χ0n) is 19.6. The van der Waals surface area contributed by atoms with Gasteiger partial charge in [0, 0.05) is 30.4 Å². The highest BCUT2D eigenvalue weighted by atomic mass is 35.5. The molecule has 0 fully saturated rings. The van der Waals surface area contributed by atoms with Gasteiger partial charge in [-0.2, -0.15) is 13.2 Å². The molecule has 3 heterocycles. The molecule has 0 aliphatic heterocycles. The van der Waals surface area contributed by atoms with E-state index in [0.29, 0.717) is 23.4 Å². The number of nitrogens with zero attached hydrogens (tertiary/aromatic N) is 3. The summed E-state index contributed by atoms with van der Waals surface area (Å²) in [7, 11) is 0. The first-order chi connectivity index (χ1) is 17.4. The lowest BCUT2D eigenvalue weighted by Crippen LogP contribution is -2.26. The second kappa shape index (κ2) is 10.4. The molecule has 37 heavy (non-hydrogen) atoms. The molecule has 0 bridgehead atoms. The van der Waals surface area contributed by atoms with Crippen LogP contribution in [0.4, 0.5) is 13.2 Å². The average molecular weight is 577 g/mol. The second-order valence-electron chi connectivity index (χ2n) is 7.85. The van der Waals surface area contributed by atoms with Gasteiger partial charge < -0.3 is 18.3 Å². The molecule has 0 amide bonds. The van der Waals surface area contributed by atoms with Crippen molar-refractivity contribution in [2.24, 2.45) is 0 Å². The minimum Gasteiger partial charge on any atom is -0.477 e. The number of fused-ring (bicyclic) bond motifs is 1. The Morgan fingerprint density at radius 2 is 1.81 bits per heavy atom. The van der Waals surface area contributed by atoms with E-state index in [4.69, 9.17) is 48.7 Å². The van der Waals surface area contributed by atoms with E-state index in [1.807, 2.05) is 6.92 Å². The molecule has 0 saturated carbocycles. The number of carbonyl (C=O) groups is 1. The van der Waals surface area contributed by atoms with E-state index in [1.165, 1.54) is 25.3 Å². The molecular formula is C24H19Cl3F3N3O4. The van der Waals surface area contributed by atoms with Crippen LogP contribution in [0.5, 0.6) is 5.75 Å². The Labute approximate surface area is 224 Å². The van der Waals surface area contributed by atoms with Crippen molar-refractivity contribution in [1.82, 2.24) is 14.4 Å². The highest BCUT2D eigenvalue weighted by Gasteiger charge is 2.32. The lowest BCUT2D eigenvalue weighted by molar-refractivity contribution is -0.150. The Bertz CT molecular complexity index is 1480. The predicted molar refractivity (Wildman–Crippen MR) is 132 cm³/mol. The molecule has 4 rings (SSSR count). The van der Waals surface area contributed by atoms with E-state index < -0.39 is 23.8 Å². The number of imidazole rings is 1. The Morgan fingerprint density at radius 1 is 1.08 bits per heavy atom. The number of aromatic nitrogens is 3. The number of hydrogen-bond acceptors (Lipinski definition) is 6. The first-order valence-electron chi connectivity index (χ1n) is 11.0. The Morgan fingerprint density at radius 3 is 2.46 bits per heavy atom. The zero-order chi connectivity index (χ0) is 27.1. The van der Waals surface area contributed by atoms with E-state index in [1.54, 1.807) is 6.92 Å². The van der Waals surface area contributed by atoms with Gasteiger partial charge in [-0.25, -0.2) is 14.8 Å². The molecule has 1 aromatic carbocycles. The Hall–Kier alpha value is -2.95. The molecule has 0 aliphatic rings. The number of oxazole rings is 1. The lowest BCUT2D eigenvalue weighted by atomic mass is 10.1. The summed E-state index contributed by atoms with van der Waals surface area (Å²) in [5.74, 6) is 0.126. The minimum absolute atomic E-state index is 0.0589. The van der Waals surface area contributed by atoms with Crippen LogP contribution in [0.3, 0.4) is 0 Å². The molecule has 0 radical (unpaired) electrons. The normalized spacial score (nSPS) is 12.7. The van der Waals surface area contributed by atoms with Crippen LogP contribution in [0.2, 0.25) is 15.1 Å². The van der Waals surface area contributed by atoms with Gasteiger partial charge in [0.15, 0.2) is 11.8 Å². The number of alkyl halides is 3. The van der Waals surface area contributed by atoms with Gasteiger partial charge in [-0.05, 0) is 26.0 Å². The molecule has 0 aliphatic carbocycles. The fourth-order valence-electron chi connectivity index (χ4n) is 3.52. The van der Waals surface area contributed by atoms with Crippen molar-refractivity contribution in [3.63, 3.8) is 0 Å². The maximum absolute atomic E-state index is 13.2. The van der Waals surface area contributed by atoms with Crippen LogP contribution in [0, 0.1) is 0 Å². The van der Waals surface area contributed by atoms with Crippen LogP contribution in [-0.4, -0.2) is 33.0 Å². The van der Waals surface area contributed by atoms with Crippen LogP contribution in [0.25, 0.3) is 28.5 Å². The largest absolute Gasteiger partial charge is 0.477 e. The topological polar surface area (TPSA) is 78.9 Å². The maximum Gasteiger partial charge on any atom is 0.417 e. The fourth-order valence-corrected chi connectivity index (χ4v) is 4.23. The van der Waals surface area contributed by atoms with Crippen molar-refractivity contribution < 1.29 is 31.9 Å². The first-order valence-corrected chi connectivity index (χ1v) is 12.1. The smallest absolute Gasteiger partial charge is 0.417 e. The number of carbonyl (C=O) groups excluding carboxylic acids is 1. The maximum atomic E-state index is 13.2. The molecular weight excluding hydrogens is 558 g/mol. The molecule has 7 nitrogen and oxygen atoms in total. The van der Waals surface area contributed by atoms with Gasteiger partial charge in [-0.15, -0.1) is 0 Å².